The number of aliphatic imine (C=N–C) groups is 1. The Morgan fingerprint density at radius 1 is 1.35 bits per heavy atom. The molecule has 3 rings (SSSR count). The molecule has 0 saturated carbocycles. The molecule has 0 radical (unpaired) electrons. The highest BCUT2D eigenvalue weighted by Crippen LogP contribution is 2.35. The molecule has 1 atom stereocenters. The molecule has 0 fully saturated rings. The van der Waals surface area contributed by atoms with E-state index in [-0.39, 0.29) is 11.4 Å². The first kappa shape index (κ1) is 18.5. The summed E-state index contributed by atoms with van der Waals surface area (Å²) in [5.41, 5.74) is 12.0. The van der Waals surface area contributed by atoms with E-state index in [0.717, 1.165) is 28.9 Å². The van der Waals surface area contributed by atoms with Gasteiger partial charge in [-0.05, 0) is 48.2 Å². The number of nitrogens with two attached hydrogens (primary N) is 1. The molecule has 0 bridgehead atoms. The lowest BCUT2D eigenvalue weighted by Crippen LogP contribution is -2.28. The minimum atomic E-state index is -0.319. The number of nitrogens with one attached hydrogen (secondary N) is 1. The van der Waals surface area contributed by atoms with Crippen LogP contribution in [-0.2, 0) is 17.0 Å². The van der Waals surface area contributed by atoms with Crippen LogP contribution >= 0.6 is 11.8 Å². The Hall–Kier alpha value is -2.31. The lowest BCUT2D eigenvalue weighted by molar-refractivity contribution is 0.0647. The van der Waals surface area contributed by atoms with E-state index in [1.54, 1.807) is 23.9 Å². The van der Waals surface area contributed by atoms with Gasteiger partial charge in [-0.2, -0.15) is 0 Å². The summed E-state index contributed by atoms with van der Waals surface area (Å²) in [6.45, 7) is 6.44. The van der Waals surface area contributed by atoms with Gasteiger partial charge in [-0.15, -0.1) is 0 Å². The van der Waals surface area contributed by atoms with Crippen LogP contribution in [0.15, 0.2) is 60.1 Å². The minimum absolute atomic E-state index is 0.263. The molecule has 0 amide bonds. The molecule has 0 aromatic heterocycles. The lowest BCUT2D eigenvalue weighted by atomic mass is 9.88. The molecule has 1 unspecified atom stereocenters. The molecule has 136 valence electrons. The third kappa shape index (κ3) is 4.45. The van der Waals surface area contributed by atoms with E-state index >= 15 is 0 Å². The summed E-state index contributed by atoms with van der Waals surface area (Å²) in [7, 11) is 0. The quantitative estimate of drug-likeness (QED) is 0.748. The molecule has 6 heteroatoms. The molecule has 4 nitrogen and oxygen atoms in total. The Kier molecular flexibility index (Phi) is 5.64. The highest BCUT2D eigenvalue weighted by Gasteiger charge is 2.29. The van der Waals surface area contributed by atoms with Gasteiger partial charge in [-0.1, -0.05) is 48.7 Å². The van der Waals surface area contributed by atoms with Crippen molar-refractivity contribution in [1.29, 1.82) is 0 Å². The van der Waals surface area contributed by atoms with E-state index in [2.05, 4.69) is 36.1 Å². The van der Waals surface area contributed by atoms with Gasteiger partial charge in [0.1, 0.15) is 5.82 Å². The van der Waals surface area contributed by atoms with Crippen molar-refractivity contribution in [1.82, 2.24) is 5.48 Å². The maximum atomic E-state index is 12.9. The molecule has 1 heterocycles. The second kappa shape index (κ2) is 7.93. The van der Waals surface area contributed by atoms with Crippen LogP contribution in [0.5, 0.6) is 0 Å². The number of nitrogens with zero attached hydrogens (tertiary/aromatic N) is 1. The van der Waals surface area contributed by atoms with Crippen molar-refractivity contribution in [2.75, 3.05) is 5.75 Å². The average Bonchev–Trinajstić information content (AvgIpc) is 2.63. The Morgan fingerprint density at radius 2 is 2.12 bits per heavy atom. The molecular weight excluding hydrogens is 349 g/mol. The van der Waals surface area contributed by atoms with Gasteiger partial charge in [0.25, 0.3) is 0 Å². The predicted molar refractivity (Wildman–Crippen MR) is 106 cm³/mol. The van der Waals surface area contributed by atoms with E-state index in [0.29, 0.717) is 17.5 Å². The second-order valence-corrected chi connectivity index (χ2v) is 7.51. The van der Waals surface area contributed by atoms with Crippen molar-refractivity contribution < 1.29 is 9.23 Å². The van der Waals surface area contributed by atoms with E-state index in [9.17, 15) is 4.39 Å². The van der Waals surface area contributed by atoms with Crippen molar-refractivity contribution >= 4 is 22.6 Å². The largest absolute Gasteiger partial charge is 0.379 e. The van der Waals surface area contributed by atoms with E-state index in [4.69, 9.17) is 10.6 Å². The summed E-state index contributed by atoms with van der Waals surface area (Å²) in [6, 6.07) is 14.3. The maximum absolute atomic E-state index is 12.9. The fourth-order valence-electron chi connectivity index (χ4n) is 2.78. The lowest BCUT2D eigenvalue weighted by Gasteiger charge is -2.30. The van der Waals surface area contributed by atoms with Gasteiger partial charge < -0.3 is 5.73 Å². The number of hydrogen-bond donors (Lipinski definition) is 2. The summed E-state index contributed by atoms with van der Waals surface area (Å²) in [6.07, 6.45) is 0.933. The highest BCUT2D eigenvalue weighted by molar-refractivity contribution is 8.13. The predicted octanol–water partition coefficient (Wildman–Crippen LogP) is 4.18. The molecule has 1 aliphatic heterocycles. The van der Waals surface area contributed by atoms with Crippen LogP contribution in [0, 0.1) is 5.82 Å². The van der Waals surface area contributed by atoms with Crippen molar-refractivity contribution in [2.24, 2.45) is 10.7 Å². The zero-order chi connectivity index (χ0) is 18.6. The zero-order valence-corrected chi connectivity index (χ0v) is 15.5. The van der Waals surface area contributed by atoms with Crippen molar-refractivity contribution in [3.8, 4) is 0 Å². The number of hydrogen-bond acceptors (Lipinski definition) is 5. The van der Waals surface area contributed by atoms with Gasteiger partial charge >= 0.3 is 0 Å². The van der Waals surface area contributed by atoms with Gasteiger partial charge in [0.15, 0.2) is 5.17 Å². The van der Waals surface area contributed by atoms with Gasteiger partial charge in [0, 0.05) is 5.75 Å². The summed E-state index contributed by atoms with van der Waals surface area (Å²) in [5, 5.41) is 0.628. The van der Waals surface area contributed by atoms with Crippen LogP contribution in [0.2, 0.25) is 0 Å². The fraction of sp³-hybridized carbons (Fsp3) is 0.250. The molecule has 26 heavy (non-hydrogen) atoms. The molecule has 0 aliphatic carbocycles. The Balaban J connectivity index is 1.65. The van der Waals surface area contributed by atoms with Crippen LogP contribution in [0.25, 0.3) is 5.70 Å². The molecule has 2 aromatic carbocycles. The average molecular weight is 371 g/mol. The van der Waals surface area contributed by atoms with Crippen molar-refractivity contribution in [3.63, 3.8) is 0 Å². The molecule has 3 N–H and O–H groups in total. The summed E-state index contributed by atoms with van der Waals surface area (Å²) >= 11 is 1.59. The van der Waals surface area contributed by atoms with Gasteiger partial charge in [0.05, 0.1) is 17.8 Å². The minimum Gasteiger partial charge on any atom is -0.379 e. The Bertz CT molecular complexity index is 822. The molecule has 0 saturated heterocycles. The zero-order valence-electron chi connectivity index (χ0n) is 14.7. The molecule has 0 spiro atoms. The number of benzene rings is 2. The molecule has 1 aliphatic rings. The van der Waals surface area contributed by atoms with E-state index in [1.807, 2.05) is 12.1 Å². The standard InChI is InChI=1S/C20H22FN3OS/c1-14(24-25-13-15-6-8-18(21)9-7-15)16-4-3-5-17(12-16)20(2)10-11-26-19(22)23-20/h3-9,12,24H,1,10-11,13H2,2H3,(H2,22,23). The first-order chi connectivity index (χ1) is 12.5. The number of thioether (sulfide) groups is 1. The van der Waals surface area contributed by atoms with E-state index in [1.165, 1.54) is 12.1 Å². The Morgan fingerprint density at radius 3 is 2.85 bits per heavy atom. The number of amidine groups is 1. The third-order valence-corrected chi connectivity index (χ3v) is 5.17. The number of hydroxylamine groups is 1. The van der Waals surface area contributed by atoms with Gasteiger partial charge in [0.2, 0.25) is 0 Å². The molecular formula is C20H22FN3OS. The summed E-state index contributed by atoms with van der Waals surface area (Å²) in [4.78, 5) is 10.1. The van der Waals surface area contributed by atoms with Crippen LogP contribution in [-0.4, -0.2) is 10.9 Å². The van der Waals surface area contributed by atoms with Crippen LogP contribution < -0.4 is 11.2 Å². The number of halogens is 1. The second-order valence-electron chi connectivity index (χ2n) is 6.40. The topological polar surface area (TPSA) is 59.6 Å². The van der Waals surface area contributed by atoms with Crippen molar-refractivity contribution in [2.45, 2.75) is 25.5 Å². The fourth-order valence-corrected chi connectivity index (χ4v) is 3.76. The SMILES string of the molecule is C=C(NOCc1ccc(F)cc1)c1cccc(C2(C)CCSC(N)=N2)c1. The maximum Gasteiger partial charge on any atom is 0.154 e. The van der Waals surface area contributed by atoms with E-state index < -0.39 is 0 Å². The number of rotatable bonds is 6. The first-order valence-electron chi connectivity index (χ1n) is 8.36. The normalized spacial score (nSPS) is 19.7. The van der Waals surface area contributed by atoms with Crippen LogP contribution in [0.1, 0.15) is 30.0 Å². The highest BCUT2D eigenvalue weighted by atomic mass is 32.2. The monoisotopic (exact) mass is 371 g/mol. The molecule has 2 aromatic rings. The van der Waals surface area contributed by atoms with Gasteiger partial charge in [-0.25, -0.2) is 4.39 Å². The van der Waals surface area contributed by atoms with Crippen LogP contribution in [0.3, 0.4) is 0 Å². The van der Waals surface area contributed by atoms with Crippen molar-refractivity contribution in [3.05, 3.63) is 77.6 Å². The summed E-state index contributed by atoms with van der Waals surface area (Å²) in [5.74, 6) is 0.691. The first-order valence-corrected chi connectivity index (χ1v) is 9.35. The third-order valence-electron chi connectivity index (χ3n) is 4.38. The van der Waals surface area contributed by atoms with Gasteiger partial charge in [-0.3, -0.25) is 15.3 Å². The summed E-state index contributed by atoms with van der Waals surface area (Å²) < 4.78 is 12.9. The van der Waals surface area contributed by atoms with Crippen LogP contribution in [0.4, 0.5) is 4.39 Å². The Labute approximate surface area is 157 Å². The smallest absolute Gasteiger partial charge is 0.154 e.